The SMILES string of the molecule is O=CC1CC1N(C(=O)O)c1nc(Br)cn2ccnc12. The van der Waals surface area contributed by atoms with Crippen LogP contribution < -0.4 is 4.90 Å². The zero-order chi connectivity index (χ0) is 13.6. The van der Waals surface area contributed by atoms with Crippen LogP contribution in [0.4, 0.5) is 10.6 Å². The second-order valence-corrected chi connectivity index (χ2v) is 5.11. The van der Waals surface area contributed by atoms with E-state index in [1.807, 2.05) is 0 Å². The molecule has 1 amide bonds. The smallest absolute Gasteiger partial charge is 0.413 e. The molecule has 0 spiro atoms. The van der Waals surface area contributed by atoms with Crippen molar-refractivity contribution in [2.75, 3.05) is 4.90 Å². The summed E-state index contributed by atoms with van der Waals surface area (Å²) in [6.07, 6.45) is 5.13. The molecule has 0 bridgehead atoms. The van der Waals surface area contributed by atoms with Crippen LogP contribution in [0.2, 0.25) is 0 Å². The topological polar surface area (TPSA) is 87.8 Å². The molecule has 2 aromatic rings. The maximum atomic E-state index is 11.4. The van der Waals surface area contributed by atoms with Crippen LogP contribution in [0.1, 0.15) is 6.42 Å². The highest BCUT2D eigenvalue weighted by molar-refractivity contribution is 9.10. The Balaban J connectivity index is 2.12. The first-order valence-electron chi connectivity index (χ1n) is 5.58. The summed E-state index contributed by atoms with van der Waals surface area (Å²) in [7, 11) is 0. The molecule has 1 N–H and O–H groups in total. The van der Waals surface area contributed by atoms with Crippen molar-refractivity contribution in [3.05, 3.63) is 23.2 Å². The van der Waals surface area contributed by atoms with Gasteiger partial charge in [0.05, 0.1) is 6.04 Å². The van der Waals surface area contributed by atoms with Crippen molar-refractivity contribution in [1.29, 1.82) is 0 Å². The van der Waals surface area contributed by atoms with Gasteiger partial charge in [-0.05, 0) is 22.4 Å². The van der Waals surface area contributed by atoms with E-state index in [0.29, 0.717) is 16.7 Å². The molecule has 3 rings (SSSR count). The fourth-order valence-corrected chi connectivity index (χ4v) is 2.47. The van der Waals surface area contributed by atoms with E-state index in [-0.39, 0.29) is 17.8 Å². The van der Waals surface area contributed by atoms with E-state index in [9.17, 15) is 14.7 Å². The second-order valence-electron chi connectivity index (χ2n) is 4.30. The largest absolute Gasteiger partial charge is 0.465 e. The number of halogens is 1. The van der Waals surface area contributed by atoms with Gasteiger partial charge in [0.25, 0.3) is 0 Å². The standard InChI is InChI=1S/C11H9BrN4O3/c12-8-4-15-2-1-13-9(15)10(14-8)16(11(18)19)7-3-6(7)5-17/h1-2,4-7H,3H2,(H,18,19). The Kier molecular flexibility index (Phi) is 2.74. The Morgan fingerprint density at radius 1 is 1.63 bits per heavy atom. The summed E-state index contributed by atoms with van der Waals surface area (Å²) >= 11 is 3.24. The number of carboxylic acid groups (broad SMARTS) is 1. The third kappa shape index (κ3) is 1.97. The molecule has 1 saturated carbocycles. The van der Waals surface area contributed by atoms with Gasteiger partial charge < -0.3 is 14.3 Å². The van der Waals surface area contributed by atoms with E-state index in [1.165, 1.54) is 0 Å². The summed E-state index contributed by atoms with van der Waals surface area (Å²) in [5.41, 5.74) is 0.446. The molecule has 8 heteroatoms. The molecule has 98 valence electrons. The lowest BCUT2D eigenvalue weighted by Crippen LogP contribution is -2.34. The van der Waals surface area contributed by atoms with Crippen molar-refractivity contribution in [1.82, 2.24) is 14.4 Å². The molecule has 0 radical (unpaired) electrons. The average molecular weight is 325 g/mol. The number of imidazole rings is 1. The van der Waals surface area contributed by atoms with Crippen LogP contribution in [0.5, 0.6) is 0 Å². The predicted molar refractivity (Wildman–Crippen MR) is 69.1 cm³/mol. The number of carbonyl (C=O) groups is 2. The Morgan fingerprint density at radius 3 is 3.05 bits per heavy atom. The molecule has 19 heavy (non-hydrogen) atoms. The van der Waals surface area contributed by atoms with Crippen molar-refractivity contribution in [3.8, 4) is 0 Å². The molecule has 1 aliphatic rings. The summed E-state index contributed by atoms with van der Waals surface area (Å²) in [5, 5.41) is 9.36. The molecule has 1 fully saturated rings. The maximum Gasteiger partial charge on any atom is 0.413 e. The van der Waals surface area contributed by atoms with Crippen LogP contribution in [-0.4, -0.2) is 37.9 Å². The number of fused-ring (bicyclic) bond motifs is 1. The molecule has 0 aliphatic heterocycles. The van der Waals surface area contributed by atoms with Crippen molar-refractivity contribution in [2.24, 2.45) is 5.92 Å². The lowest BCUT2D eigenvalue weighted by Gasteiger charge is -2.18. The lowest BCUT2D eigenvalue weighted by molar-refractivity contribution is -0.108. The van der Waals surface area contributed by atoms with Crippen molar-refractivity contribution < 1.29 is 14.7 Å². The number of anilines is 1. The molecule has 0 aromatic carbocycles. The number of aldehydes is 1. The summed E-state index contributed by atoms with van der Waals surface area (Å²) in [6, 6.07) is -0.350. The van der Waals surface area contributed by atoms with E-state index >= 15 is 0 Å². The second kappa shape index (κ2) is 4.30. The number of nitrogens with zero attached hydrogens (tertiary/aromatic N) is 4. The number of rotatable bonds is 3. The van der Waals surface area contributed by atoms with Crippen LogP contribution in [0.3, 0.4) is 0 Å². The lowest BCUT2D eigenvalue weighted by atomic mass is 10.4. The molecule has 1 aliphatic carbocycles. The van der Waals surface area contributed by atoms with E-state index in [1.54, 1.807) is 23.0 Å². The number of hydrogen-bond acceptors (Lipinski definition) is 4. The van der Waals surface area contributed by atoms with E-state index in [0.717, 1.165) is 11.2 Å². The highest BCUT2D eigenvalue weighted by Crippen LogP contribution is 2.37. The van der Waals surface area contributed by atoms with Gasteiger partial charge in [-0.3, -0.25) is 4.90 Å². The van der Waals surface area contributed by atoms with Crippen molar-refractivity contribution in [3.63, 3.8) is 0 Å². The summed E-state index contributed by atoms with van der Waals surface area (Å²) in [4.78, 5) is 31.6. The zero-order valence-corrected chi connectivity index (χ0v) is 11.2. The average Bonchev–Trinajstić information content (AvgIpc) is 2.96. The van der Waals surface area contributed by atoms with E-state index in [2.05, 4.69) is 25.9 Å². The van der Waals surface area contributed by atoms with Gasteiger partial charge in [-0.25, -0.2) is 14.8 Å². The minimum Gasteiger partial charge on any atom is -0.465 e. The molecule has 2 aromatic heterocycles. The van der Waals surface area contributed by atoms with Gasteiger partial charge in [0, 0.05) is 24.5 Å². The van der Waals surface area contributed by atoms with Crippen LogP contribution in [0, 0.1) is 5.92 Å². The van der Waals surface area contributed by atoms with Gasteiger partial charge >= 0.3 is 6.09 Å². The number of carbonyl (C=O) groups excluding carboxylic acids is 1. The van der Waals surface area contributed by atoms with Gasteiger partial charge in [0.2, 0.25) is 0 Å². The Morgan fingerprint density at radius 2 is 2.42 bits per heavy atom. The van der Waals surface area contributed by atoms with E-state index < -0.39 is 6.09 Å². The molecule has 7 nitrogen and oxygen atoms in total. The minimum atomic E-state index is -1.13. The minimum absolute atomic E-state index is 0.237. The highest BCUT2D eigenvalue weighted by Gasteiger charge is 2.46. The Hall–Kier alpha value is -1.96. The molecular weight excluding hydrogens is 316 g/mol. The first kappa shape index (κ1) is 12.1. The number of aromatic nitrogens is 3. The fraction of sp³-hybridized carbons (Fsp3) is 0.273. The summed E-state index contributed by atoms with van der Waals surface area (Å²) in [6.45, 7) is 0. The van der Waals surface area contributed by atoms with Crippen LogP contribution in [-0.2, 0) is 4.79 Å². The quantitative estimate of drug-likeness (QED) is 0.866. The highest BCUT2D eigenvalue weighted by atomic mass is 79.9. The van der Waals surface area contributed by atoms with Gasteiger partial charge in [0.1, 0.15) is 10.9 Å². The fourth-order valence-electron chi connectivity index (χ4n) is 2.08. The van der Waals surface area contributed by atoms with Gasteiger partial charge in [0.15, 0.2) is 11.5 Å². The molecule has 2 heterocycles. The summed E-state index contributed by atoms with van der Waals surface area (Å²) < 4.78 is 2.18. The summed E-state index contributed by atoms with van der Waals surface area (Å²) in [5.74, 6) is -0.0203. The predicted octanol–water partition coefficient (Wildman–Crippen LogP) is 1.56. The Bertz CT molecular complexity index is 671. The zero-order valence-electron chi connectivity index (χ0n) is 9.60. The number of amides is 1. The first-order chi connectivity index (χ1) is 9.11. The molecule has 2 atom stereocenters. The Labute approximate surface area is 116 Å². The first-order valence-corrected chi connectivity index (χ1v) is 6.38. The van der Waals surface area contributed by atoms with Crippen molar-refractivity contribution >= 4 is 39.8 Å². The van der Waals surface area contributed by atoms with E-state index in [4.69, 9.17) is 0 Å². The maximum absolute atomic E-state index is 11.4. The van der Waals surface area contributed by atoms with Gasteiger partial charge in [-0.15, -0.1) is 0 Å². The third-order valence-corrected chi connectivity index (χ3v) is 3.45. The van der Waals surface area contributed by atoms with Crippen LogP contribution in [0.15, 0.2) is 23.2 Å². The third-order valence-electron chi connectivity index (χ3n) is 3.07. The van der Waals surface area contributed by atoms with Gasteiger partial charge in [-0.1, -0.05) is 0 Å². The van der Waals surface area contributed by atoms with Crippen molar-refractivity contribution in [2.45, 2.75) is 12.5 Å². The number of hydrogen-bond donors (Lipinski definition) is 1. The molecule has 2 unspecified atom stereocenters. The van der Waals surface area contributed by atoms with Gasteiger partial charge in [-0.2, -0.15) is 0 Å². The monoisotopic (exact) mass is 324 g/mol. The van der Waals surface area contributed by atoms with Crippen LogP contribution in [0.25, 0.3) is 5.65 Å². The van der Waals surface area contributed by atoms with Crippen LogP contribution >= 0.6 is 15.9 Å². The normalized spacial score (nSPS) is 21.3. The molecular formula is C11H9BrN4O3. The molecule has 0 saturated heterocycles.